The van der Waals surface area contributed by atoms with E-state index in [-0.39, 0.29) is 29.2 Å². The molecule has 9 heteroatoms. The molecule has 0 spiro atoms. The number of rotatable bonds is 10. The highest BCUT2D eigenvalue weighted by molar-refractivity contribution is 7.89. The van der Waals surface area contributed by atoms with Crippen molar-refractivity contribution in [3.05, 3.63) is 65.7 Å². The molecule has 2 aromatic carbocycles. The van der Waals surface area contributed by atoms with Crippen molar-refractivity contribution < 1.29 is 22.7 Å². The zero-order valence-electron chi connectivity index (χ0n) is 19.1. The Hall–Kier alpha value is -2.75. The van der Waals surface area contributed by atoms with Gasteiger partial charge in [0.05, 0.1) is 18.1 Å². The average Bonchev–Trinajstić information content (AvgIpc) is 3.68. The second-order valence-corrected chi connectivity index (χ2v) is 10.7. The number of sulfonamides is 1. The summed E-state index contributed by atoms with van der Waals surface area (Å²) in [5.41, 5.74) is 1.84. The van der Waals surface area contributed by atoms with E-state index in [4.69, 9.17) is 4.74 Å². The third-order valence-electron chi connectivity index (χ3n) is 6.03. The van der Waals surface area contributed by atoms with Crippen LogP contribution in [0.2, 0.25) is 0 Å². The van der Waals surface area contributed by atoms with Crippen molar-refractivity contribution in [2.75, 3.05) is 26.3 Å². The van der Waals surface area contributed by atoms with Gasteiger partial charge in [-0.25, -0.2) is 8.42 Å². The van der Waals surface area contributed by atoms with Crippen LogP contribution in [0.15, 0.2) is 59.5 Å². The van der Waals surface area contributed by atoms with Gasteiger partial charge in [0.25, 0.3) is 0 Å². The van der Waals surface area contributed by atoms with Crippen LogP contribution < -0.4 is 10.6 Å². The third-order valence-corrected chi connectivity index (χ3v) is 7.94. The number of amides is 2. The van der Waals surface area contributed by atoms with Crippen molar-refractivity contribution >= 4 is 21.8 Å². The summed E-state index contributed by atoms with van der Waals surface area (Å²) >= 11 is 0. The number of morpholine rings is 1. The molecule has 182 valence electrons. The predicted octanol–water partition coefficient (Wildman–Crippen LogP) is 1.65. The molecule has 2 fully saturated rings. The van der Waals surface area contributed by atoms with E-state index in [2.05, 4.69) is 10.6 Å². The van der Waals surface area contributed by atoms with E-state index in [9.17, 15) is 18.0 Å². The number of benzene rings is 2. The largest absolute Gasteiger partial charge is 0.379 e. The molecule has 2 amide bonds. The molecule has 2 N–H and O–H groups in total. The highest BCUT2D eigenvalue weighted by atomic mass is 32.2. The highest BCUT2D eigenvalue weighted by Gasteiger charge is 2.29. The van der Waals surface area contributed by atoms with Crippen LogP contribution in [-0.4, -0.2) is 62.9 Å². The molecule has 34 heavy (non-hydrogen) atoms. The van der Waals surface area contributed by atoms with Crippen LogP contribution in [0.1, 0.15) is 30.4 Å². The molecule has 1 aliphatic carbocycles. The second kappa shape index (κ2) is 11.1. The standard InChI is InChI=1S/C25H31N3O5S/c29-24(27-23(25(30)26-21-9-10-21)18-20-4-2-1-3-5-20)13-8-19-6-11-22(12-7-19)34(31,32)28-14-16-33-17-15-28/h1-7,11-12,21,23H,8-10,13-18H2,(H,26,30)(H,27,29). The van der Waals surface area contributed by atoms with Gasteiger partial charge in [-0.3, -0.25) is 9.59 Å². The molecule has 4 rings (SSSR count). The van der Waals surface area contributed by atoms with Gasteiger partial charge in [-0.15, -0.1) is 0 Å². The molecule has 8 nitrogen and oxygen atoms in total. The Labute approximate surface area is 200 Å². The Balaban J connectivity index is 1.32. The lowest BCUT2D eigenvalue weighted by molar-refractivity contribution is -0.129. The summed E-state index contributed by atoms with van der Waals surface area (Å²) in [5.74, 6) is -0.366. The molecule has 1 saturated carbocycles. The molecule has 0 radical (unpaired) electrons. The van der Waals surface area contributed by atoms with Crippen molar-refractivity contribution in [3.8, 4) is 0 Å². The first-order valence-corrected chi connectivity index (χ1v) is 13.2. The predicted molar refractivity (Wildman–Crippen MR) is 128 cm³/mol. The van der Waals surface area contributed by atoms with Crippen molar-refractivity contribution in [2.24, 2.45) is 0 Å². The molecule has 1 atom stereocenters. The SMILES string of the molecule is O=C(CCc1ccc(S(=O)(=O)N2CCOCC2)cc1)NC(Cc1ccccc1)C(=O)NC1CC1. The van der Waals surface area contributed by atoms with Crippen LogP contribution in [0.4, 0.5) is 0 Å². The van der Waals surface area contributed by atoms with Crippen molar-refractivity contribution in [2.45, 2.75) is 49.1 Å². The van der Waals surface area contributed by atoms with Crippen LogP contribution in [0.5, 0.6) is 0 Å². The van der Waals surface area contributed by atoms with E-state index >= 15 is 0 Å². The summed E-state index contributed by atoms with van der Waals surface area (Å²) in [4.78, 5) is 25.6. The first kappa shape index (κ1) is 24.4. The first-order chi connectivity index (χ1) is 16.4. The van der Waals surface area contributed by atoms with Gasteiger partial charge in [0.15, 0.2) is 0 Å². The fraction of sp³-hybridized carbons (Fsp3) is 0.440. The normalized spacial score (nSPS) is 17.6. The molecular formula is C25H31N3O5S. The van der Waals surface area contributed by atoms with Gasteiger partial charge >= 0.3 is 0 Å². The minimum atomic E-state index is -3.54. The van der Waals surface area contributed by atoms with E-state index < -0.39 is 16.1 Å². The number of ether oxygens (including phenoxy) is 1. The monoisotopic (exact) mass is 485 g/mol. The second-order valence-electron chi connectivity index (χ2n) is 8.75. The Morgan fingerprint density at radius 1 is 0.971 bits per heavy atom. The maximum absolute atomic E-state index is 12.7. The van der Waals surface area contributed by atoms with Gasteiger partial charge in [0, 0.05) is 32.0 Å². The Morgan fingerprint density at radius 2 is 1.65 bits per heavy atom. The van der Waals surface area contributed by atoms with Crippen LogP contribution in [0.3, 0.4) is 0 Å². The quantitative estimate of drug-likeness (QED) is 0.533. The molecule has 1 heterocycles. The third kappa shape index (κ3) is 6.65. The molecule has 2 aromatic rings. The molecule has 2 aliphatic rings. The Morgan fingerprint density at radius 3 is 2.29 bits per heavy atom. The summed E-state index contributed by atoms with van der Waals surface area (Å²) in [5, 5.41) is 5.86. The fourth-order valence-corrected chi connectivity index (χ4v) is 5.28. The number of hydrogen-bond donors (Lipinski definition) is 2. The maximum Gasteiger partial charge on any atom is 0.243 e. The van der Waals surface area contributed by atoms with E-state index in [1.165, 1.54) is 4.31 Å². The van der Waals surface area contributed by atoms with Crippen molar-refractivity contribution in [1.29, 1.82) is 0 Å². The summed E-state index contributed by atoms with van der Waals surface area (Å²) in [7, 11) is -3.54. The zero-order chi connectivity index (χ0) is 24.0. The van der Waals surface area contributed by atoms with E-state index in [0.29, 0.717) is 39.1 Å². The van der Waals surface area contributed by atoms with Crippen LogP contribution in [0, 0.1) is 0 Å². The van der Waals surface area contributed by atoms with Gasteiger partial charge in [0.1, 0.15) is 6.04 Å². The van der Waals surface area contributed by atoms with Crippen LogP contribution in [-0.2, 0) is 37.2 Å². The molecule has 0 bridgehead atoms. The molecule has 1 saturated heterocycles. The maximum atomic E-state index is 12.7. The van der Waals surface area contributed by atoms with Crippen molar-refractivity contribution in [1.82, 2.24) is 14.9 Å². The topological polar surface area (TPSA) is 105 Å². The van der Waals surface area contributed by atoms with E-state index in [0.717, 1.165) is 24.0 Å². The minimum absolute atomic E-state index is 0.155. The Kier molecular flexibility index (Phi) is 7.97. The highest BCUT2D eigenvalue weighted by Crippen LogP contribution is 2.20. The number of aryl methyl sites for hydroxylation is 1. The van der Waals surface area contributed by atoms with E-state index in [1.807, 2.05) is 30.3 Å². The molecular weight excluding hydrogens is 454 g/mol. The smallest absolute Gasteiger partial charge is 0.243 e. The first-order valence-electron chi connectivity index (χ1n) is 11.7. The number of nitrogens with one attached hydrogen (secondary N) is 2. The van der Waals surface area contributed by atoms with Crippen LogP contribution in [0.25, 0.3) is 0 Å². The van der Waals surface area contributed by atoms with Gasteiger partial charge in [-0.1, -0.05) is 42.5 Å². The van der Waals surface area contributed by atoms with Gasteiger partial charge < -0.3 is 15.4 Å². The summed E-state index contributed by atoms with van der Waals surface area (Å²) < 4.78 is 32.2. The number of nitrogens with zero attached hydrogens (tertiary/aromatic N) is 1. The molecule has 1 aliphatic heterocycles. The number of hydrogen-bond acceptors (Lipinski definition) is 5. The summed E-state index contributed by atoms with van der Waals surface area (Å²) in [6.07, 6.45) is 3.05. The zero-order valence-corrected chi connectivity index (χ0v) is 19.9. The van der Waals surface area contributed by atoms with Crippen LogP contribution >= 0.6 is 0 Å². The van der Waals surface area contributed by atoms with Gasteiger partial charge in [-0.05, 0) is 42.5 Å². The average molecular weight is 486 g/mol. The lowest BCUT2D eigenvalue weighted by Crippen LogP contribution is -2.48. The van der Waals surface area contributed by atoms with Gasteiger partial charge in [-0.2, -0.15) is 4.31 Å². The lowest BCUT2D eigenvalue weighted by atomic mass is 10.0. The fourth-order valence-electron chi connectivity index (χ4n) is 3.88. The summed E-state index contributed by atoms with van der Waals surface area (Å²) in [6.45, 7) is 1.50. The number of carbonyl (C=O) groups is 2. The Bertz CT molecular complexity index is 1080. The van der Waals surface area contributed by atoms with Crippen molar-refractivity contribution in [3.63, 3.8) is 0 Å². The number of carbonyl (C=O) groups excluding carboxylic acids is 2. The van der Waals surface area contributed by atoms with E-state index in [1.54, 1.807) is 24.3 Å². The molecule has 1 unspecified atom stereocenters. The summed E-state index contributed by atoms with van der Waals surface area (Å²) in [6, 6.07) is 15.9. The lowest BCUT2D eigenvalue weighted by Gasteiger charge is -2.26. The molecule has 0 aromatic heterocycles. The minimum Gasteiger partial charge on any atom is -0.379 e. The van der Waals surface area contributed by atoms with Gasteiger partial charge in [0.2, 0.25) is 21.8 Å².